The SMILES string of the molecule is Cc1cccc(CCC(=NC(C)C)NN)c1. The Morgan fingerprint density at radius 2 is 2.19 bits per heavy atom. The number of nitrogens with two attached hydrogens (primary N) is 1. The molecule has 0 unspecified atom stereocenters. The predicted molar refractivity (Wildman–Crippen MR) is 69.4 cm³/mol. The summed E-state index contributed by atoms with van der Waals surface area (Å²) in [5, 5.41) is 0. The average molecular weight is 219 g/mol. The van der Waals surface area contributed by atoms with Gasteiger partial charge in [-0.1, -0.05) is 29.8 Å². The van der Waals surface area contributed by atoms with Gasteiger partial charge in [-0.15, -0.1) is 0 Å². The molecule has 3 N–H and O–H groups in total. The van der Waals surface area contributed by atoms with E-state index in [0.29, 0.717) is 0 Å². The van der Waals surface area contributed by atoms with Gasteiger partial charge in [0.2, 0.25) is 0 Å². The fourth-order valence-electron chi connectivity index (χ4n) is 1.62. The summed E-state index contributed by atoms with van der Waals surface area (Å²) in [6.07, 6.45) is 1.83. The van der Waals surface area contributed by atoms with Crippen molar-refractivity contribution in [2.75, 3.05) is 0 Å². The van der Waals surface area contributed by atoms with Gasteiger partial charge < -0.3 is 5.43 Å². The number of nitrogens with zero attached hydrogens (tertiary/aromatic N) is 1. The molecule has 16 heavy (non-hydrogen) atoms. The Kier molecular flexibility index (Phi) is 4.99. The highest BCUT2D eigenvalue weighted by Crippen LogP contribution is 2.07. The third kappa shape index (κ3) is 4.45. The fraction of sp³-hybridized carbons (Fsp3) is 0.462. The monoisotopic (exact) mass is 219 g/mol. The molecule has 0 aliphatic carbocycles. The summed E-state index contributed by atoms with van der Waals surface area (Å²) in [4.78, 5) is 4.41. The van der Waals surface area contributed by atoms with Crippen molar-refractivity contribution in [1.82, 2.24) is 5.43 Å². The van der Waals surface area contributed by atoms with Crippen molar-refractivity contribution in [3.63, 3.8) is 0 Å². The van der Waals surface area contributed by atoms with Crippen LogP contribution >= 0.6 is 0 Å². The minimum atomic E-state index is 0.281. The maximum Gasteiger partial charge on any atom is 0.111 e. The van der Waals surface area contributed by atoms with E-state index >= 15 is 0 Å². The van der Waals surface area contributed by atoms with Gasteiger partial charge in [-0.2, -0.15) is 0 Å². The van der Waals surface area contributed by atoms with Gasteiger partial charge >= 0.3 is 0 Å². The van der Waals surface area contributed by atoms with E-state index in [1.54, 1.807) is 0 Å². The van der Waals surface area contributed by atoms with Crippen molar-refractivity contribution >= 4 is 5.84 Å². The quantitative estimate of drug-likeness (QED) is 0.353. The van der Waals surface area contributed by atoms with Crippen LogP contribution in [0.3, 0.4) is 0 Å². The molecule has 0 saturated heterocycles. The van der Waals surface area contributed by atoms with Crippen molar-refractivity contribution in [3.05, 3.63) is 35.4 Å². The van der Waals surface area contributed by atoms with Crippen LogP contribution in [0.25, 0.3) is 0 Å². The molecule has 0 heterocycles. The van der Waals surface area contributed by atoms with Gasteiger partial charge in [0, 0.05) is 12.5 Å². The minimum absolute atomic E-state index is 0.281. The van der Waals surface area contributed by atoms with Gasteiger partial charge in [-0.25, -0.2) is 5.84 Å². The molecule has 0 fully saturated rings. The number of benzene rings is 1. The number of nitrogens with one attached hydrogen (secondary N) is 1. The lowest BCUT2D eigenvalue weighted by atomic mass is 10.1. The maximum atomic E-state index is 5.43. The van der Waals surface area contributed by atoms with Crippen LogP contribution in [0, 0.1) is 6.92 Å². The third-order valence-electron chi connectivity index (χ3n) is 2.31. The van der Waals surface area contributed by atoms with E-state index in [0.717, 1.165) is 18.7 Å². The number of aryl methyl sites for hydroxylation is 2. The Morgan fingerprint density at radius 3 is 2.75 bits per heavy atom. The zero-order valence-corrected chi connectivity index (χ0v) is 10.3. The highest BCUT2D eigenvalue weighted by Gasteiger charge is 2.00. The number of hydrogen-bond donors (Lipinski definition) is 2. The molecule has 0 saturated carbocycles. The number of hydrogen-bond acceptors (Lipinski definition) is 2. The first-order valence-corrected chi connectivity index (χ1v) is 5.70. The first kappa shape index (κ1) is 12.7. The predicted octanol–water partition coefficient (Wildman–Crippen LogP) is 2.20. The lowest BCUT2D eigenvalue weighted by Crippen LogP contribution is -2.31. The van der Waals surface area contributed by atoms with Crippen molar-refractivity contribution in [3.8, 4) is 0 Å². The maximum absolute atomic E-state index is 5.43. The summed E-state index contributed by atoms with van der Waals surface area (Å²) in [5.41, 5.74) is 5.29. The van der Waals surface area contributed by atoms with Gasteiger partial charge in [0.15, 0.2) is 0 Å². The van der Waals surface area contributed by atoms with Crippen LogP contribution in [0.15, 0.2) is 29.3 Å². The standard InChI is InChI=1S/C13H21N3/c1-10(2)15-13(16-14)8-7-12-6-4-5-11(3)9-12/h4-6,9-10H,7-8,14H2,1-3H3,(H,15,16). The van der Waals surface area contributed by atoms with Crippen LogP contribution in [0.4, 0.5) is 0 Å². The third-order valence-corrected chi connectivity index (χ3v) is 2.31. The summed E-state index contributed by atoms with van der Waals surface area (Å²) in [6.45, 7) is 6.20. The molecule has 0 bridgehead atoms. The van der Waals surface area contributed by atoms with E-state index in [-0.39, 0.29) is 6.04 Å². The van der Waals surface area contributed by atoms with E-state index in [1.807, 2.05) is 13.8 Å². The van der Waals surface area contributed by atoms with Crippen LogP contribution in [0.5, 0.6) is 0 Å². The molecular formula is C13H21N3. The molecule has 88 valence electrons. The van der Waals surface area contributed by atoms with Crippen molar-refractivity contribution in [2.45, 2.75) is 39.7 Å². The second-order valence-electron chi connectivity index (χ2n) is 4.30. The van der Waals surface area contributed by atoms with Gasteiger partial charge in [0.25, 0.3) is 0 Å². The van der Waals surface area contributed by atoms with Crippen molar-refractivity contribution in [2.24, 2.45) is 10.8 Å². The molecule has 1 rings (SSSR count). The number of hydrazine groups is 1. The largest absolute Gasteiger partial charge is 0.312 e. The molecular weight excluding hydrogens is 198 g/mol. The second kappa shape index (κ2) is 6.28. The molecule has 0 aliphatic heterocycles. The highest BCUT2D eigenvalue weighted by molar-refractivity contribution is 5.81. The van der Waals surface area contributed by atoms with Crippen molar-refractivity contribution < 1.29 is 0 Å². The zero-order valence-electron chi connectivity index (χ0n) is 10.3. The molecule has 1 aromatic carbocycles. The van der Waals surface area contributed by atoms with Crippen LogP contribution in [0.2, 0.25) is 0 Å². The normalized spacial score (nSPS) is 11.9. The Labute approximate surface area is 97.7 Å². The van der Waals surface area contributed by atoms with E-state index in [1.165, 1.54) is 11.1 Å². The molecule has 0 atom stereocenters. The molecule has 3 nitrogen and oxygen atoms in total. The van der Waals surface area contributed by atoms with Crippen LogP contribution in [0.1, 0.15) is 31.4 Å². The fourth-order valence-corrected chi connectivity index (χ4v) is 1.62. The molecule has 0 aliphatic rings. The number of rotatable bonds is 4. The Balaban J connectivity index is 2.56. The summed E-state index contributed by atoms with van der Waals surface area (Å²) in [6, 6.07) is 8.80. The van der Waals surface area contributed by atoms with Gasteiger partial charge in [0.1, 0.15) is 5.84 Å². The first-order chi connectivity index (χ1) is 7.61. The topological polar surface area (TPSA) is 50.4 Å². The Hall–Kier alpha value is -1.35. The molecule has 0 spiro atoms. The molecule has 0 radical (unpaired) electrons. The lowest BCUT2D eigenvalue weighted by Gasteiger charge is -2.08. The molecule has 3 heteroatoms. The van der Waals surface area contributed by atoms with E-state index in [2.05, 4.69) is 41.6 Å². The smallest absolute Gasteiger partial charge is 0.111 e. The van der Waals surface area contributed by atoms with Gasteiger partial charge in [-0.3, -0.25) is 4.99 Å². The molecule has 1 aromatic rings. The second-order valence-corrected chi connectivity index (χ2v) is 4.30. The lowest BCUT2D eigenvalue weighted by molar-refractivity contribution is 0.801. The van der Waals surface area contributed by atoms with Gasteiger partial charge in [-0.05, 0) is 32.8 Å². The summed E-state index contributed by atoms with van der Waals surface area (Å²) in [7, 11) is 0. The van der Waals surface area contributed by atoms with Crippen LogP contribution in [-0.2, 0) is 6.42 Å². The Bertz CT molecular complexity index is 356. The van der Waals surface area contributed by atoms with Crippen LogP contribution < -0.4 is 11.3 Å². The highest BCUT2D eigenvalue weighted by atomic mass is 15.2. The summed E-state index contributed by atoms with van der Waals surface area (Å²) in [5.74, 6) is 6.31. The summed E-state index contributed by atoms with van der Waals surface area (Å²) < 4.78 is 0. The van der Waals surface area contributed by atoms with E-state index in [9.17, 15) is 0 Å². The van der Waals surface area contributed by atoms with E-state index in [4.69, 9.17) is 5.84 Å². The van der Waals surface area contributed by atoms with Crippen LogP contribution in [-0.4, -0.2) is 11.9 Å². The molecule has 0 amide bonds. The average Bonchev–Trinajstić information content (AvgIpc) is 2.24. The minimum Gasteiger partial charge on any atom is -0.312 e. The number of amidine groups is 1. The van der Waals surface area contributed by atoms with E-state index < -0.39 is 0 Å². The molecule has 0 aromatic heterocycles. The first-order valence-electron chi connectivity index (χ1n) is 5.70. The Morgan fingerprint density at radius 1 is 1.44 bits per heavy atom. The zero-order chi connectivity index (χ0) is 12.0. The van der Waals surface area contributed by atoms with Gasteiger partial charge in [0.05, 0.1) is 0 Å². The van der Waals surface area contributed by atoms with Crippen molar-refractivity contribution in [1.29, 1.82) is 0 Å². The number of aliphatic imine (C=N–C) groups is 1. The summed E-state index contributed by atoms with van der Waals surface area (Å²) >= 11 is 0.